The third-order valence-corrected chi connectivity index (χ3v) is 3.98. The number of halogens is 2. The van der Waals surface area contributed by atoms with Gasteiger partial charge in [-0.15, -0.1) is 0 Å². The maximum Gasteiger partial charge on any atom is 0.217 e. The van der Waals surface area contributed by atoms with Gasteiger partial charge in [-0.25, -0.2) is 4.39 Å². The molecule has 0 aliphatic heterocycles. The molecule has 112 valence electrons. The van der Waals surface area contributed by atoms with Gasteiger partial charge in [0.2, 0.25) is 5.78 Å². The molecule has 3 nitrogen and oxygen atoms in total. The summed E-state index contributed by atoms with van der Waals surface area (Å²) in [5.41, 5.74) is 2.03. The summed E-state index contributed by atoms with van der Waals surface area (Å²) in [5.74, 6) is -0.245. The second kappa shape index (κ2) is 5.93. The minimum atomic E-state index is -0.344. The highest BCUT2D eigenvalue weighted by molar-refractivity contribution is 9.10. The number of hydrogen-bond acceptors (Lipinski definition) is 3. The van der Waals surface area contributed by atoms with Crippen LogP contribution in [0.4, 0.5) is 10.1 Å². The third kappa shape index (κ3) is 2.90. The van der Waals surface area contributed by atoms with Crippen LogP contribution < -0.4 is 5.32 Å². The number of anilines is 1. The molecular weight excluding hydrogens is 349 g/mol. The molecule has 0 bridgehead atoms. The molecule has 1 aromatic heterocycles. The Morgan fingerprint density at radius 2 is 1.95 bits per heavy atom. The van der Waals surface area contributed by atoms with Gasteiger partial charge in [0.05, 0.1) is 6.54 Å². The Balaban J connectivity index is 1.80. The number of fused-ring (bicyclic) bond motifs is 1. The molecule has 0 radical (unpaired) electrons. The average molecular weight is 362 g/mol. The van der Waals surface area contributed by atoms with Crippen molar-refractivity contribution in [2.75, 3.05) is 11.9 Å². The minimum Gasteiger partial charge on any atom is -0.453 e. The summed E-state index contributed by atoms with van der Waals surface area (Å²) in [6.07, 6.45) is 0. The zero-order valence-corrected chi connectivity index (χ0v) is 13.4. The van der Waals surface area contributed by atoms with E-state index in [1.54, 1.807) is 6.92 Å². The molecule has 0 fully saturated rings. The van der Waals surface area contributed by atoms with Crippen LogP contribution in [0.3, 0.4) is 0 Å². The van der Waals surface area contributed by atoms with Gasteiger partial charge in [-0.05, 0) is 49.4 Å². The highest BCUT2D eigenvalue weighted by Gasteiger charge is 2.17. The number of nitrogens with one attached hydrogen (secondary N) is 1. The van der Waals surface area contributed by atoms with E-state index in [1.807, 2.05) is 24.3 Å². The molecule has 0 spiro atoms. The number of carbonyl (C=O) groups is 1. The molecule has 0 aliphatic carbocycles. The van der Waals surface area contributed by atoms with E-state index in [-0.39, 0.29) is 23.9 Å². The van der Waals surface area contributed by atoms with Gasteiger partial charge in [0.15, 0.2) is 5.76 Å². The number of furan rings is 1. The van der Waals surface area contributed by atoms with Gasteiger partial charge in [0.25, 0.3) is 0 Å². The highest BCUT2D eigenvalue weighted by atomic mass is 79.9. The van der Waals surface area contributed by atoms with Crippen molar-refractivity contribution in [3.05, 3.63) is 64.1 Å². The van der Waals surface area contributed by atoms with Gasteiger partial charge >= 0.3 is 0 Å². The monoisotopic (exact) mass is 361 g/mol. The van der Waals surface area contributed by atoms with Crippen LogP contribution in [0, 0.1) is 12.7 Å². The molecule has 0 saturated heterocycles. The maximum absolute atomic E-state index is 13.3. The molecule has 3 rings (SSSR count). The SMILES string of the molecule is Cc1c(C(=O)CNc2ccc(Br)cc2)oc2ccc(F)cc12. The lowest BCUT2D eigenvalue weighted by molar-refractivity contribution is 0.0981. The van der Waals surface area contributed by atoms with Crippen LogP contribution >= 0.6 is 15.9 Å². The summed E-state index contributed by atoms with van der Waals surface area (Å²) in [6.45, 7) is 1.88. The molecule has 1 N–H and O–H groups in total. The summed E-state index contributed by atoms with van der Waals surface area (Å²) in [6, 6.07) is 11.8. The van der Waals surface area contributed by atoms with Crippen molar-refractivity contribution >= 4 is 38.4 Å². The number of carbonyl (C=O) groups excluding carboxylic acids is 1. The Labute approximate surface area is 135 Å². The van der Waals surface area contributed by atoms with Crippen molar-refractivity contribution in [2.24, 2.45) is 0 Å². The molecule has 1 heterocycles. The molecule has 0 saturated carbocycles. The van der Waals surface area contributed by atoms with Crippen LogP contribution in [-0.4, -0.2) is 12.3 Å². The molecule has 0 unspecified atom stereocenters. The van der Waals surface area contributed by atoms with Gasteiger partial charge in [-0.1, -0.05) is 15.9 Å². The van der Waals surface area contributed by atoms with Crippen molar-refractivity contribution in [3.63, 3.8) is 0 Å². The van der Waals surface area contributed by atoms with Crippen LogP contribution in [0.2, 0.25) is 0 Å². The quantitative estimate of drug-likeness (QED) is 0.669. The second-order valence-electron chi connectivity index (χ2n) is 4.98. The molecule has 0 atom stereocenters. The van der Waals surface area contributed by atoms with E-state index in [9.17, 15) is 9.18 Å². The van der Waals surface area contributed by atoms with Crippen molar-refractivity contribution in [2.45, 2.75) is 6.92 Å². The summed E-state index contributed by atoms with van der Waals surface area (Å²) in [5, 5.41) is 3.68. The number of ketones is 1. The third-order valence-electron chi connectivity index (χ3n) is 3.45. The fourth-order valence-electron chi connectivity index (χ4n) is 2.29. The van der Waals surface area contributed by atoms with Gasteiger partial charge < -0.3 is 9.73 Å². The Kier molecular flexibility index (Phi) is 3.98. The molecule has 0 amide bonds. The van der Waals surface area contributed by atoms with Gasteiger partial charge in [0.1, 0.15) is 11.4 Å². The average Bonchev–Trinajstić information content (AvgIpc) is 2.83. The van der Waals surface area contributed by atoms with E-state index in [0.717, 1.165) is 10.2 Å². The van der Waals surface area contributed by atoms with Gasteiger partial charge in [0, 0.05) is 21.1 Å². The molecule has 0 aliphatic rings. The molecule has 3 aromatic rings. The molecular formula is C17H13BrFNO2. The lowest BCUT2D eigenvalue weighted by Gasteiger charge is -2.04. The Morgan fingerprint density at radius 3 is 2.68 bits per heavy atom. The summed E-state index contributed by atoms with van der Waals surface area (Å²) >= 11 is 3.36. The Bertz CT molecular complexity index is 840. The van der Waals surface area contributed by atoms with E-state index < -0.39 is 0 Å². The minimum absolute atomic E-state index is 0.116. The Morgan fingerprint density at radius 1 is 1.23 bits per heavy atom. The lowest BCUT2D eigenvalue weighted by Crippen LogP contribution is -2.14. The van der Waals surface area contributed by atoms with E-state index >= 15 is 0 Å². The maximum atomic E-state index is 13.3. The number of benzene rings is 2. The number of hydrogen-bond donors (Lipinski definition) is 1. The molecule has 5 heteroatoms. The first-order valence-electron chi connectivity index (χ1n) is 6.76. The van der Waals surface area contributed by atoms with E-state index in [0.29, 0.717) is 16.5 Å². The predicted molar refractivity (Wildman–Crippen MR) is 87.9 cm³/mol. The predicted octanol–water partition coefficient (Wildman–Crippen LogP) is 4.94. The summed E-state index contributed by atoms with van der Waals surface area (Å²) in [7, 11) is 0. The van der Waals surface area contributed by atoms with Crippen molar-refractivity contribution < 1.29 is 13.6 Å². The second-order valence-corrected chi connectivity index (χ2v) is 5.90. The normalized spacial score (nSPS) is 10.9. The zero-order chi connectivity index (χ0) is 15.7. The van der Waals surface area contributed by atoms with Crippen molar-refractivity contribution in [1.82, 2.24) is 0 Å². The lowest BCUT2D eigenvalue weighted by atomic mass is 10.1. The van der Waals surface area contributed by atoms with Crippen molar-refractivity contribution in [3.8, 4) is 0 Å². The zero-order valence-electron chi connectivity index (χ0n) is 11.8. The van der Waals surface area contributed by atoms with Crippen LogP contribution in [0.25, 0.3) is 11.0 Å². The standard InChI is InChI=1S/C17H13BrFNO2/c1-10-14-8-12(19)4-7-16(14)22-17(10)15(21)9-20-13-5-2-11(18)3-6-13/h2-8,20H,9H2,1H3. The highest BCUT2D eigenvalue weighted by Crippen LogP contribution is 2.26. The topological polar surface area (TPSA) is 42.2 Å². The van der Waals surface area contributed by atoms with Crippen molar-refractivity contribution in [1.29, 1.82) is 0 Å². The first-order chi connectivity index (χ1) is 10.5. The smallest absolute Gasteiger partial charge is 0.217 e. The number of aryl methyl sites for hydroxylation is 1. The van der Waals surface area contributed by atoms with Crippen LogP contribution in [-0.2, 0) is 0 Å². The molecule has 2 aromatic carbocycles. The van der Waals surface area contributed by atoms with E-state index in [4.69, 9.17) is 4.42 Å². The fourth-order valence-corrected chi connectivity index (χ4v) is 2.55. The van der Waals surface area contributed by atoms with Gasteiger partial charge in [-0.3, -0.25) is 4.79 Å². The first kappa shape index (κ1) is 14.8. The van der Waals surface area contributed by atoms with Crippen LogP contribution in [0.1, 0.15) is 16.1 Å². The van der Waals surface area contributed by atoms with Gasteiger partial charge in [-0.2, -0.15) is 0 Å². The Hall–Kier alpha value is -2.14. The summed E-state index contributed by atoms with van der Waals surface area (Å²) < 4.78 is 19.8. The molecule has 22 heavy (non-hydrogen) atoms. The van der Waals surface area contributed by atoms with Crippen LogP contribution in [0.5, 0.6) is 0 Å². The summed E-state index contributed by atoms with van der Waals surface area (Å²) in [4.78, 5) is 12.3. The van der Waals surface area contributed by atoms with E-state index in [2.05, 4.69) is 21.2 Å². The number of rotatable bonds is 4. The fraction of sp³-hybridized carbons (Fsp3) is 0.118. The van der Waals surface area contributed by atoms with Crippen LogP contribution in [0.15, 0.2) is 51.4 Å². The largest absolute Gasteiger partial charge is 0.453 e. The first-order valence-corrected chi connectivity index (χ1v) is 7.55. The number of Topliss-reactive ketones (excluding diaryl/α,β-unsaturated/α-hetero) is 1. The van der Waals surface area contributed by atoms with E-state index in [1.165, 1.54) is 18.2 Å².